The minimum Gasteiger partial charge on any atom is -0.206 e. The summed E-state index contributed by atoms with van der Waals surface area (Å²) < 4.78 is 76.2. The van der Waals surface area contributed by atoms with E-state index in [1.165, 1.54) is 6.07 Å². The van der Waals surface area contributed by atoms with Crippen molar-refractivity contribution in [1.82, 2.24) is 0 Å². The van der Waals surface area contributed by atoms with Gasteiger partial charge in [0.2, 0.25) is 0 Å². The molecule has 2 aromatic rings. The zero-order chi connectivity index (χ0) is 14.9. The minimum absolute atomic E-state index is 0.0156. The molecule has 0 aliphatic heterocycles. The number of benzene rings is 2. The summed E-state index contributed by atoms with van der Waals surface area (Å²) in [6.07, 6.45) is -7.38. The normalized spacial score (nSPS) is 11.9. The van der Waals surface area contributed by atoms with Crippen LogP contribution in [-0.4, -0.2) is 0 Å². The fourth-order valence-electron chi connectivity index (χ4n) is 1.76. The molecule has 0 bridgehead atoms. The molecule has 0 nitrogen and oxygen atoms in total. The van der Waals surface area contributed by atoms with E-state index >= 15 is 0 Å². The molecule has 0 spiro atoms. The second kappa shape index (κ2) is 5.19. The zero-order valence-corrected chi connectivity index (χ0v) is 9.89. The molecule has 0 aliphatic carbocycles. The molecule has 20 heavy (non-hydrogen) atoms. The molecule has 2 aromatic carbocycles. The maximum Gasteiger partial charge on any atom is 0.416 e. The van der Waals surface area contributed by atoms with Crippen molar-refractivity contribution in [3.8, 4) is 11.1 Å². The summed E-state index contributed by atoms with van der Waals surface area (Å²) in [4.78, 5) is 0. The van der Waals surface area contributed by atoms with Crippen molar-refractivity contribution in [2.75, 3.05) is 0 Å². The fourth-order valence-corrected chi connectivity index (χ4v) is 1.76. The van der Waals surface area contributed by atoms with Crippen molar-refractivity contribution in [3.05, 3.63) is 59.4 Å². The van der Waals surface area contributed by atoms with E-state index in [4.69, 9.17) is 0 Å². The maximum absolute atomic E-state index is 13.7. The quantitative estimate of drug-likeness (QED) is 0.645. The van der Waals surface area contributed by atoms with Gasteiger partial charge in [-0.1, -0.05) is 24.3 Å². The van der Waals surface area contributed by atoms with Gasteiger partial charge < -0.3 is 0 Å². The molecule has 0 atom stereocenters. The molecular formula is C14H8F6. The number of rotatable bonds is 2. The van der Waals surface area contributed by atoms with Crippen LogP contribution in [0.1, 0.15) is 17.6 Å². The molecule has 0 aromatic heterocycles. The molecule has 0 N–H and O–H groups in total. The minimum atomic E-state index is -4.55. The highest BCUT2D eigenvalue weighted by molar-refractivity contribution is 5.65. The number of halogens is 6. The van der Waals surface area contributed by atoms with Crippen LogP contribution in [0.5, 0.6) is 0 Å². The average Bonchev–Trinajstić information content (AvgIpc) is 2.37. The van der Waals surface area contributed by atoms with Gasteiger partial charge in [0.1, 0.15) is 5.82 Å². The largest absolute Gasteiger partial charge is 0.416 e. The van der Waals surface area contributed by atoms with Crippen LogP contribution in [0.2, 0.25) is 0 Å². The summed E-state index contributed by atoms with van der Waals surface area (Å²) in [7, 11) is 0. The molecule has 0 heterocycles. The molecule has 106 valence electrons. The molecule has 0 saturated heterocycles. The maximum atomic E-state index is 13.7. The Morgan fingerprint density at radius 3 is 2.15 bits per heavy atom. The molecular weight excluding hydrogens is 282 g/mol. The Hall–Kier alpha value is -1.98. The van der Waals surface area contributed by atoms with Crippen molar-refractivity contribution < 1.29 is 26.3 Å². The van der Waals surface area contributed by atoms with Gasteiger partial charge in [0.25, 0.3) is 6.43 Å². The summed E-state index contributed by atoms with van der Waals surface area (Å²) in [5.74, 6) is -0.984. The van der Waals surface area contributed by atoms with Gasteiger partial charge in [-0.3, -0.25) is 0 Å². The summed E-state index contributed by atoms with van der Waals surface area (Å²) >= 11 is 0. The van der Waals surface area contributed by atoms with Gasteiger partial charge in [-0.05, 0) is 23.8 Å². The van der Waals surface area contributed by atoms with Crippen LogP contribution in [0.15, 0.2) is 42.5 Å². The second-order valence-electron chi connectivity index (χ2n) is 4.12. The second-order valence-corrected chi connectivity index (χ2v) is 4.12. The van der Waals surface area contributed by atoms with Crippen molar-refractivity contribution in [1.29, 1.82) is 0 Å². The Balaban J connectivity index is 2.47. The van der Waals surface area contributed by atoms with E-state index in [0.717, 1.165) is 30.3 Å². The van der Waals surface area contributed by atoms with E-state index in [-0.39, 0.29) is 11.1 Å². The van der Waals surface area contributed by atoms with E-state index in [2.05, 4.69) is 0 Å². The lowest BCUT2D eigenvalue weighted by Gasteiger charge is -2.10. The third-order valence-electron chi connectivity index (χ3n) is 2.75. The van der Waals surface area contributed by atoms with Gasteiger partial charge in [-0.2, -0.15) is 13.2 Å². The van der Waals surface area contributed by atoms with Gasteiger partial charge in [-0.15, -0.1) is 0 Å². The molecule has 0 fully saturated rings. The highest BCUT2D eigenvalue weighted by Crippen LogP contribution is 2.33. The summed E-state index contributed by atoms with van der Waals surface area (Å²) in [5.41, 5.74) is -1.61. The predicted octanol–water partition coefficient (Wildman–Crippen LogP) is 5.45. The first kappa shape index (κ1) is 14.4. The van der Waals surface area contributed by atoms with Crippen molar-refractivity contribution in [3.63, 3.8) is 0 Å². The fraction of sp³-hybridized carbons (Fsp3) is 0.143. The number of hydrogen-bond acceptors (Lipinski definition) is 0. The topological polar surface area (TPSA) is 0 Å². The highest BCUT2D eigenvalue weighted by Gasteiger charge is 2.30. The smallest absolute Gasteiger partial charge is 0.206 e. The summed E-state index contributed by atoms with van der Waals surface area (Å²) in [5, 5.41) is 0. The van der Waals surface area contributed by atoms with Crippen molar-refractivity contribution in [2.24, 2.45) is 0 Å². The zero-order valence-electron chi connectivity index (χ0n) is 9.89. The van der Waals surface area contributed by atoms with E-state index in [1.54, 1.807) is 0 Å². The van der Waals surface area contributed by atoms with Gasteiger partial charge in [0.15, 0.2) is 0 Å². The predicted molar refractivity (Wildman–Crippen MR) is 61.8 cm³/mol. The van der Waals surface area contributed by atoms with Crippen LogP contribution >= 0.6 is 0 Å². The Bertz CT molecular complexity index is 615. The SMILES string of the molecule is Fc1cc(C(F)F)ccc1-c1cccc(C(F)(F)F)c1. The molecule has 0 amide bonds. The molecule has 2 rings (SSSR count). The Kier molecular flexibility index (Phi) is 3.74. The number of alkyl halides is 5. The third kappa shape index (κ3) is 2.95. The first-order valence-electron chi connectivity index (χ1n) is 5.54. The van der Waals surface area contributed by atoms with Gasteiger partial charge in [0.05, 0.1) is 5.56 Å². The summed E-state index contributed by atoms with van der Waals surface area (Å²) in [6, 6.07) is 6.72. The van der Waals surface area contributed by atoms with Gasteiger partial charge in [-0.25, -0.2) is 13.2 Å². The van der Waals surface area contributed by atoms with Crippen LogP contribution in [0, 0.1) is 5.82 Å². The monoisotopic (exact) mass is 290 g/mol. The van der Waals surface area contributed by atoms with E-state index in [0.29, 0.717) is 6.07 Å². The lowest BCUT2D eigenvalue weighted by molar-refractivity contribution is -0.137. The Morgan fingerprint density at radius 2 is 1.60 bits per heavy atom. The molecule has 0 aliphatic rings. The Labute approximate surface area is 110 Å². The van der Waals surface area contributed by atoms with Crippen LogP contribution in [0.4, 0.5) is 26.3 Å². The molecule has 6 heteroatoms. The van der Waals surface area contributed by atoms with Gasteiger partial charge in [0, 0.05) is 11.1 Å². The van der Waals surface area contributed by atoms with Crippen LogP contribution < -0.4 is 0 Å². The van der Waals surface area contributed by atoms with Crippen LogP contribution in [-0.2, 0) is 6.18 Å². The van der Waals surface area contributed by atoms with Gasteiger partial charge >= 0.3 is 6.18 Å². The van der Waals surface area contributed by atoms with E-state index in [1.807, 2.05) is 0 Å². The molecule has 0 radical (unpaired) electrons. The summed E-state index contributed by atoms with van der Waals surface area (Å²) in [6.45, 7) is 0. The Morgan fingerprint density at radius 1 is 0.900 bits per heavy atom. The third-order valence-corrected chi connectivity index (χ3v) is 2.75. The van der Waals surface area contributed by atoms with E-state index in [9.17, 15) is 26.3 Å². The van der Waals surface area contributed by atoms with Crippen molar-refractivity contribution >= 4 is 0 Å². The lowest BCUT2D eigenvalue weighted by atomic mass is 10.0. The van der Waals surface area contributed by atoms with Crippen molar-refractivity contribution in [2.45, 2.75) is 12.6 Å². The molecule has 0 saturated carbocycles. The van der Waals surface area contributed by atoms with Crippen LogP contribution in [0.3, 0.4) is 0 Å². The van der Waals surface area contributed by atoms with E-state index < -0.39 is 29.5 Å². The number of hydrogen-bond donors (Lipinski definition) is 0. The highest BCUT2D eigenvalue weighted by atomic mass is 19.4. The first-order valence-corrected chi connectivity index (χ1v) is 5.54. The van der Waals surface area contributed by atoms with Crippen LogP contribution in [0.25, 0.3) is 11.1 Å². The first-order chi connectivity index (χ1) is 9.29. The standard InChI is InChI=1S/C14H8F6/c15-12-7-9(13(16)17)4-5-11(12)8-2-1-3-10(6-8)14(18,19)20/h1-7,13H. The lowest BCUT2D eigenvalue weighted by Crippen LogP contribution is -2.04. The average molecular weight is 290 g/mol. The molecule has 0 unspecified atom stereocenters.